The van der Waals surface area contributed by atoms with Gasteiger partial charge in [0.15, 0.2) is 0 Å². The minimum atomic E-state index is -3.51. The Balaban J connectivity index is 0.000000437. The van der Waals surface area contributed by atoms with E-state index in [1.54, 1.807) is 19.1 Å². The van der Waals surface area contributed by atoms with Crippen LogP contribution >= 0.6 is 0 Å². The third-order valence-electron chi connectivity index (χ3n) is 1.83. The van der Waals surface area contributed by atoms with E-state index >= 15 is 0 Å². The molecule has 0 aliphatic carbocycles. The SMILES string of the molecule is CCC(=O)O.COS(=O)(=O)c1ccc(C)cc1. The van der Waals surface area contributed by atoms with Crippen molar-refractivity contribution in [2.75, 3.05) is 7.11 Å². The van der Waals surface area contributed by atoms with Gasteiger partial charge in [0.2, 0.25) is 0 Å². The molecule has 0 saturated carbocycles. The molecule has 0 heterocycles. The molecule has 5 nitrogen and oxygen atoms in total. The van der Waals surface area contributed by atoms with E-state index in [0.29, 0.717) is 0 Å². The highest BCUT2D eigenvalue weighted by atomic mass is 32.2. The van der Waals surface area contributed by atoms with Crippen LogP contribution in [0.5, 0.6) is 0 Å². The smallest absolute Gasteiger partial charge is 0.303 e. The van der Waals surface area contributed by atoms with Gasteiger partial charge in [-0.15, -0.1) is 0 Å². The zero-order chi connectivity index (χ0) is 13.5. The number of hydrogen-bond donors (Lipinski definition) is 1. The van der Waals surface area contributed by atoms with Gasteiger partial charge in [-0.25, -0.2) is 0 Å². The molecule has 0 aliphatic heterocycles. The topological polar surface area (TPSA) is 80.7 Å². The Hall–Kier alpha value is -1.40. The first-order valence-electron chi connectivity index (χ1n) is 4.92. The van der Waals surface area contributed by atoms with Crippen LogP contribution in [0.2, 0.25) is 0 Å². The average Bonchev–Trinajstić information content (AvgIpc) is 2.30. The molecule has 0 fully saturated rings. The lowest BCUT2D eigenvalue weighted by molar-refractivity contribution is -0.136. The summed E-state index contributed by atoms with van der Waals surface area (Å²) in [6.07, 6.45) is 0.222. The van der Waals surface area contributed by atoms with Crippen LogP contribution in [-0.4, -0.2) is 26.6 Å². The summed E-state index contributed by atoms with van der Waals surface area (Å²) in [4.78, 5) is 9.56. The standard InChI is InChI=1S/C8H10O3S.C3H6O2/c1-7-3-5-8(6-4-7)12(9,10)11-2;1-2-3(4)5/h3-6H,1-2H3;2H2,1H3,(H,4,5). The number of aryl methyl sites for hydroxylation is 1. The maximum atomic E-state index is 11.1. The highest BCUT2D eigenvalue weighted by molar-refractivity contribution is 7.86. The van der Waals surface area contributed by atoms with Crippen molar-refractivity contribution >= 4 is 16.1 Å². The number of carboxylic acid groups (broad SMARTS) is 1. The molecule has 0 aromatic heterocycles. The molecule has 0 aliphatic rings. The van der Waals surface area contributed by atoms with Crippen molar-refractivity contribution in [2.24, 2.45) is 0 Å². The van der Waals surface area contributed by atoms with E-state index in [9.17, 15) is 13.2 Å². The number of carbonyl (C=O) groups is 1. The van der Waals surface area contributed by atoms with E-state index < -0.39 is 16.1 Å². The van der Waals surface area contributed by atoms with Crippen molar-refractivity contribution in [1.29, 1.82) is 0 Å². The molecule has 0 amide bonds. The first kappa shape index (κ1) is 15.6. The Morgan fingerprint density at radius 2 is 1.71 bits per heavy atom. The molecule has 1 aromatic rings. The fourth-order valence-corrected chi connectivity index (χ4v) is 1.46. The van der Waals surface area contributed by atoms with Gasteiger partial charge < -0.3 is 5.11 Å². The maximum Gasteiger partial charge on any atom is 0.303 e. The number of rotatable bonds is 3. The summed E-state index contributed by atoms with van der Waals surface area (Å²) in [5.41, 5.74) is 1.02. The molecule has 6 heteroatoms. The third kappa shape index (κ3) is 6.03. The van der Waals surface area contributed by atoms with E-state index in [2.05, 4.69) is 4.18 Å². The zero-order valence-electron chi connectivity index (χ0n) is 10.0. The predicted octanol–water partition coefficient (Wildman–Crippen LogP) is 1.81. The molecule has 17 heavy (non-hydrogen) atoms. The van der Waals surface area contributed by atoms with Crippen LogP contribution in [-0.2, 0) is 19.1 Å². The van der Waals surface area contributed by atoms with E-state index in [-0.39, 0.29) is 11.3 Å². The average molecular weight is 260 g/mol. The summed E-state index contributed by atoms with van der Waals surface area (Å²) in [5.74, 6) is -0.745. The zero-order valence-corrected chi connectivity index (χ0v) is 10.8. The second kappa shape index (κ2) is 7.03. The highest BCUT2D eigenvalue weighted by Crippen LogP contribution is 2.11. The molecule has 1 aromatic carbocycles. The van der Waals surface area contributed by atoms with Gasteiger partial charge in [0.25, 0.3) is 10.1 Å². The predicted molar refractivity (Wildman–Crippen MR) is 63.3 cm³/mol. The van der Waals surface area contributed by atoms with Gasteiger partial charge >= 0.3 is 5.97 Å². The maximum absolute atomic E-state index is 11.1. The normalized spacial score (nSPS) is 10.3. The molecule has 0 saturated heterocycles. The molecule has 96 valence electrons. The molecule has 0 unspecified atom stereocenters. The number of aliphatic carboxylic acids is 1. The molecular weight excluding hydrogens is 244 g/mol. The van der Waals surface area contributed by atoms with Crippen molar-refractivity contribution in [3.8, 4) is 0 Å². The summed E-state index contributed by atoms with van der Waals surface area (Å²) in [5, 5.41) is 7.72. The van der Waals surface area contributed by atoms with E-state index in [4.69, 9.17) is 5.11 Å². The van der Waals surface area contributed by atoms with Crippen LogP contribution in [0, 0.1) is 6.92 Å². The minimum absolute atomic E-state index is 0.190. The molecule has 0 radical (unpaired) electrons. The number of benzene rings is 1. The molecule has 1 N–H and O–H groups in total. The summed E-state index contributed by atoms with van der Waals surface area (Å²) in [7, 11) is -2.37. The van der Waals surface area contributed by atoms with Gasteiger partial charge in [0.1, 0.15) is 0 Å². The quantitative estimate of drug-likeness (QED) is 0.838. The van der Waals surface area contributed by atoms with Crippen molar-refractivity contribution < 1.29 is 22.5 Å². The highest BCUT2D eigenvalue weighted by Gasteiger charge is 2.10. The van der Waals surface area contributed by atoms with Crippen LogP contribution in [0.4, 0.5) is 0 Å². The minimum Gasteiger partial charge on any atom is -0.481 e. The Morgan fingerprint density at radius 1 is 1.29 bits per heavy atom. The van der Waals surface area contributed by atoms with E-state index in [0.717, 1.165) is 12.7 Å². The molecule has 0 spiro atoms. The van der Waals surface area contributed by atoms with Crippen molar-refractivity contribution in [3.63, 3.8) is 0 Å². The first-order chi connectivity index (χ1) is 7.83. The fourth-order valence-electron chi connectivity index (χ4n) is 0.801. The van der Waals surface area contributed by atoms with Crippen molar-refractivity contribution in [3.05, 3.63) is 29.8 Å². The Labute approximate surface area is 101 Å². The molecule has 1 rings (SSSR count). The monoisotopic (exact) mass is 260 g/mol. The van der Waals surface area contributed by atoms with Gasteiger partial charge in [-0.05, 0) is 19.1 Å². The Morgan fingerprint density at radius 3 is 2.00 bits per heavy atom. The van der Waals surface area contributed by atoms with Gasteiger partial charge in [0, 0.05) is 6.42 Å². The molecule has 0 atom stereocenters. The van der Waals surface area contributed by atoms with Crippen LogP contribution < -0.4 is 0 Å². The summed E-state index contributed by atoms with van der Waals surface area (Å²) < 4.78 is 26.5. The van der Waals surface area contributed by atoms with Crippen molar-refractivity contribution in [2.45, 2.75) is 25.2 Å². The van der Waals surface area contributed by atoms with Gasteiger partial charge in [-0.3, -0.25) is 8.98 Å². The summed E-state index contributed by atoms with van der Waals surface area (Å²) >= 11 is 0. The first-order valence-corrected chi connectivity index (χ1v) is 6.33. The summed E-state index contributed by atoms with van der Waals surface area (Å²) in [6.45, 7) is 3.49. The second-order valence-electron chi connectivity index (χ2n) is 3.18. The number of hydrogen-bond acceptors (Lipinski definition) is 4. The second-order valence-corrected chi connectivity index (χ2v) is 4.89. The fraction of sp³-hybridized carbons (Fsp3) is 0.364. The van der Waals surface area contributed by atoms with Crippen LogP contribution in [0.15, 0.2) is 29.2 Å². The van der Waals surface area contributed by atoms with E-state index in [1.807, 2.05) is 6.92 Å². The lowest BCUT2D eigenvalue weighted by Crippen LogP contribution is -2.02. The Bertz CT molecular complexity index is 447. The molecule has 0 bridgehead atoms. The van der Waals surface area contributed by atoms with Crippen LogP contribution in [0.25, 0.3) is 0 Å². The van der Waals surface area contributed by atoms with E-state index in [1.165, 1.54) is 12.1 Å². The largest absolute Gasteiger partial charge is 0.481 e. The third-order valence-corrected chi connectivity index (χ3v) is 3.12. The lowest BCUT2D eigenvalue weighted by atomic mass is 10.2. The van der Waals surface area contributed by atoms with Crippen LogP contribution in [0.1, 0.15) is 18.9 Å². The molecular formula is C11H16O5S. The lowest BCUT2D eigenvalue weighted by Gasteiger charge is -2.00. The van der Waals surface area contributed by atoms with Crippen molar-refractivity contribution in [1.82, 2.24) is 0 Å². The number of carboxylic acids is 1. The van der Waals surface area contributed by atoms with Gasteiger partial charge in [-0.1, -0.05) is 24.6 Å². The van der Waals surface area contributed by atoms with Gasteiger partial charge in [-0.2, -0.15) is 8.42 Å². The Kier molecular flexibility index (Phi) is 6.45. The van der Waals surface area contributed by atoms with Gasteiger partial charge in [0.05, 0.1) is 12.0 Å². The van der Waals surface area contributed by atoms with Crippen LogP contribution in [0.3, 0.4) is 0 Å². The summed E-state index contributed by atoms with van der Waals surface area (Å²) in [6, 6.07) is 6.50.